The van der Waals surface area contributed by atoms with E-state index in [1.807, 2.05) is 43.3 Å². The number of hydrogen-bond donors (Lipinski definition) is 1. The fourth-order valence-electron chi connectivity index (χ4n) is 1.72. The maximum Gasteiger partial charge on any atom is 0.0779 e. The van der Waals surface area contributed by atoms with Crippen LogP contribution in [0.4, 0.5) is 0 Å². The first-order valence-electron chi connectivity index (χ1n) is 7.14. The Morgan fingerprint density at radius 2 is 1.45 bits per heavy atom. The molecule has 0 aromatic heterocycles. The molecule has 22 heavy (non-hydrogen) atoms. The van der Waals surface area contributed by atoms with Crippen molar-refractivity contribution >= 4 is 23.5 Å². The van der Waals surface area contributed by atoms with Crippen LogP contribution in [0.25, 0.3) is 0 Å². The monoisotopic (exact) mass is 328 g/mol. The van der Waals surface area contributed by atoms with Gasteiger partial charge in [-0.3, -0.25) is 0 Å². The molecule has 0 bridgehead atoms. The summed E-state index contributed by atoms with van der Waals surface area (Å²) >= 11 is 3.44. The minimum absolute atomic E-state index is 0.484. The number of aliphatic hydroxyl groups is 1. The van der Waals surface area contributed by atoms with Crippen molar-refractivity contribution < 1.29 is 5.11 Å². The first-order valence-corrected chi connectivity index (χ1v) is 8.78. The fourth-order valence-corrected chi connectivity index (χ4v) is 3.88. The Bertz CT molecular complexity index is 577. The van der Waals surface area contributed by atoms with E-state index >= 15 is 0 Å². The topological polar surface area (TPSA) is 20.2 Å². The number of hydrogen-bond acceptors (Lipinski definition) is 3. The Morgan fingerprint density at radius 3 is 1.86 bits per heavy atom. The predicted octanol–water partition coefficient (Wildman–Crippen LogP) is 5.74. The van der Waals surface area contributed by atoms with Crippen molar-refractivity contribution in [2.45, 2.75) is 29.2 Å². The van der Waals surface area contributed by atoms with Gasteiger partial charge in [0.25, 0.3) is 0 Å². The maximum absolute atomic E-state index is 9.94. The van der Waals surface area contributed by atoms with Crippen LogP contribution in [-0.4, -0.2) is 11.2 Å². The molecule has 0 aliphatic rings. The third-order valence-electron chi connectivity index (χ3n) is 3.00. The third kappa shape index (κ3) is 5.76. The Kier molecular flexibility index (Phi) is 6.84. The van der Waals surface area contributed by atoms with Crippen LogP contribution in [0.1, 0.15) is 13.3 Å². The van der Waals surface area contributed by atoms with Crippen molar-refractivity contribution in [2.75, 3.05) is 0 Å². The van der Waals surface area contributed by atoms with Crippen molar-refractivity contribution in [1.82, 2.24) is 0 Å². The summed E-state index contributed by atoms with van der Waals surface area (Å²) in [6.45, 7) is 5.66. The first-order chi connectivity index (χ1) is 10.6. The molecule has 114 valence electrons. The molecule has 0 saturated carbocycles. The van der Waals surface area contributed by atoms with Crippen LogP contribution in [0.2, 0.25) is 0 Å². The van der Waals surface area contributed by atoms with Gasteiger partial charge in [-0.15, -0.1) is 0 Å². The van der Waals surface area contributed by atoms with Crippen molar-refractivity contribution in [3.8, 4) is 0 Å². The summed E-state index contributed by atoms with van der Waals surface area (Å²) in [4.78, 5) is 2.39. The van der Waals surface area contributed by atoms with Gasteiger partial charge in [0.2, 0.25) is 0 Å². The quantitative estimate of drug-likeness (QED) is 0.517. The van der Waals surface area contributed by atoms with Crippen molar-refractivity contribution in [3.05, 3.63) is 83.1 Å². The zero-order valence-electron chi connectivity index (χ0n) is 12.6. The van der Waals surface area contributed by atoms with Crippen LogP contribution in [-0.2, 0) is 0 Å². The molecule has 0 unspecified atom stereocenters. The average molecular weight is 329 g/mol. The van der Waals surface area contributed by atoms with Gasteiger partial charge < -0.3 is 5.11 Å². The van der Waals surface area contributed by atoms with E-state index < -0.39 is 6.10 Å². The SMILES string of the molecule is C=C(C)[C@@H](O)CC=C(Sc1ccccc1)Sc1ccccc1. The highest BCUT2D eigenvalue weighted by molar-refractivity contribution is 8.22. The summed E-state index contributed by atoms with van der Waals surface area (Å²) in [5.41, 5.74) is 0.796. The van der Waals surface area contributed by atoms with Crippen LogP contribution >= 0.6 is 23.5 Å². The number of thioether (sulfide) groups is 2. The lowest BCUT2D eigenvalue weighted by atomic mass is 10.1. The van der Waals surface area contributed by atoms with E-state index in [0.717, 1.165) is 9.81 Å². The minimum atomic E-state index is -0.484. The minimum Gasteiger partial charge on any atom is -0.388 e. The molecule has 0 fully saturated rings. The van der Waals surface area contributed by atoms with Gasteiger partial charge in [0.05, 0.1) is 6.10 Å². The molecular formula is C19H20OS2. The molecular weight excluding hydrogens is 308 g/mol. The fraction of sp³-hybridized carbons (Fsp3) is 0.158. The smallest absolute Gasteiger partial charge is 0.0779 e. The lowest BCUT2D eigenvalue weighted by molar-refractivity contribution is 0.215. The van der Waals surface area contributed by atoms with Crippen molar-refractivity contribution in [2.24, 2.45) is 0 Å². The van der Waals surface area contributed by atoms with Crippen molar-refractivity contribution in [1.29, 1.82) is 0 Å². The van der Waals surface area contributed by atoms with Crippen LogP contribution in [0, 0.1) is 0 Å². The average Bonchev–Trinajstić information content (AvgIpc) is 2.54. The molecule has 1 N–H and O–H groups in total. The predicted molar refractivity (Wildman–Crippen MR) is 98.1 cm³/mol. The number of benzene rings is 2. The highest BCUT2D eigenvalue weighted by Gasteiger charge is 2.07. The van der Waals surface area contributed by atoms with Crippen LogP contribution < -0.4 is 0 Å². The lowest BCUT2D eigenvalue weighted by Crippen LogP contribution is -2.05. The Balaban J connectivity index is 2.13. The van der Waals surface area contributed by atoms with Gasteiger partial charge in [-0.25, -0.2) is 0 Å². The van der Waals surface area contributed by atoms with Gasteiger partial charge in [-0.1, -0.05) is 78.2 Å². The highest BCUT2D eigenvalue weighted by Crippen LogP contribution is 2.39. The number of rotatable bonds is 7. The summed E-state index contributed by atoms with van der Waals surface area (Å²) in [6.07, 6.45) is 2.20. The van der Waals surface area contributed by atoms with E-state index in [9.17, 15) is 5.11 Å². The second-order valence-corrected chi connectivity index (χ2v) is 7.44. The summed E-state index contributed by atoms with van der Waals surface area (Å²) in [5, 5.41) is 9.94. The second-order valence-electron chi connectivity index (χ2n) is 4.95. The first kappa shape index (κ1) is 16.9. The van der Waals surface area contributed by atoms with E-state index in [0.29, 0.717) is 6.42 Å². The Hall–Kier alpha value is -1.42. The van der Waals surface area contributed by atoms with Gasteiger partial charge in [0.15, 0.2) is 0 Å². The van der Waals surface area contributed by atoms with Crippen LogP contribution in [0.3, 0.4) is 0 Å². The standard InChI is InChI=1S/C19H20OS2/c1-15(2)18(20)13-14-19(21-16-9-5-3-6-10-16)22-17-11-7-4-8-12-17/h3-12,14,18,20H,1,13H2,2H3/t18-/m0/s1. The third-order valence-corrected chi connectivity index (χ3v) is 5.25. The summed E-state index contributed by atoms with van der Waals surface area (Å²) in [5.74, 6) is 0. The van der Waals surface area contributed by atoms with Gasteiger partial charge >= 0.3 is 0 Å². The molecule has 0 amide bonds. The lowest BCUT2D eigenvalue weighted by Gasteiger charge is -2.10. The Morgan fingerprint density at radius 1 is 1.00 bits per heavy atom. The number of aliphatic hydroxyl groups excluding tert-OH is 1. The van der Waals surface area contributed by atoms with E-state index in [4.69, 9.17) is 0 Å². The van der Waals surface area contributed by atoms with Crippen LogP contribution in [0.15, 0.2) is 92.9 Å². The molecule has 3 heteroatoms. The maximum atomic E-state index is 9.94. The zero-order chi connectivity index (χ0) is 15.8. The molecule has 0 aliphatic heterocycles. The normalized spacial score (nSPS) is 11.7. The van der Waals surface area contributed by atoms with Crippen LogP contribution in [0.5, 0.6) is 0 Å². The molecule has 2 aromatic rings. The van der Waals surface area contributed by atoms with Gasteiger partial charge in [-0.2, -0.15) is 0 Å². The molecule has 0 aliphatic carbocycles. The summed E-state index contributed by atoms with van der Waals surface area (Å²) in [6, 6.07) is 20.6. The highest BCUT2D eigenvalue weighted by atomic mass is 32.2. The van der Waals surface area contributed by atoms with E-state index in [-0.39, 0.29) is 0 Å². The van der Waals surface area contributed by atoms with E-state index in [2.05, 4.69) is 36.9 Å². The largest absolute Gasteiger partial charge is 0.388 e. The molecule has 0 spiro atoms. The Labute approximate surface area is 141 Å². The molecule has 1 nitrogen and oxygen atoms in total. The van der Waals surface area contributed by atoms with E-state index in [1.165, 1.54) is 9.79 Å². The van der Waals surface area contributed by atoms with Gasteiger partial charge in [0.1, 0.15) is 0 Å². The molecule has 0 heterocycles. The molecule has 1 atom stereocenters. The molecule has 0 radical (unpaired) electrons. The van der Waals surface area contributed by atoms with E-state index in [1.54, 1.807) is 23.5 Å². The van der Waals surface area contributed by atoms with Crippen molar-refractivity contribution in [3.63, 3.8) is 0 Å². The van der Waals surface area contributed by atoms with Gasteiger partial charge in [-0.05, 0) is 37.6 Å². The van der Waals surface area contributed by atoms with Gasteiger partial charge in [0, 0.05) is 14.0 Å². The summed E-state index contributed by atoms with van der Waals surface area (Å²) < 4.78 is 1.16. The zero-order valence-corrected chi connectivity index (χ0v) is 14.2. The molecule has 0 saturated heterocycles. The summed E-state index contributed by atoms with van der Waals surface area (Å²) in [7, 11) is 0. The molecule has 2 aromatic carbocycles. The second kappa shape index (κ2) is 8.89. The molecule has 2 rings (SSSR count).